The Morgan fingerprint density at radius 2 is 1.93 bits per heavy atom. The Kier molecular flexibility index (Phi) is 8.95. The van der Waals surface area contributed by atoms with Gasteiger partial charge in [-0.15, -0.1) is 35.7 Å². The van der Waals surface area contributed by atoms with E-state index in [1.165, 1.54) is 23.3 Å². The fourth-order valence-corrected chi connectivity index (χ4v) is 4.69. The van der Waals surface area contributed by atoms with Crippen molar-refractivity contribution in [3.05, 3.63) is 42.5 Å². The molecule has 6 heteroatoms. The third kappa shape index (κ3) is 7.31. The SMILES string of the molecule is C=C(C)CN1CCC(NC(=NC)NCC2(Sc3ccccc3)CC2)CC1.I. The molecular weight excluding hydrogens is 467 g/mol. The molecule has 1 saturated carbocycles. The highest BCUT2D eigenvalue weighted by molar-refractivity contribution is 14.0. The fourth-order valence-electron chi connectivity index (χ4n) is 3.44. The number of likely N-dealkylation sites (tertiary alicyclic amines) is 1. The fraction of sp³-hybridized carbons (Fsp3) is 0.571. The largest absolute Gasteiger partial charge is 0.355 e. The van der Waals surface area contributed by atoms with E-state index in [0.717, 1.165) is 45.0 Å². The van der Waals surface area contributed by atoms with Crippen molar-refractivity contribution in [3.63, 3.8) is 0 Å². The maximum Gasteiger partial charge on any atom is 0.191 e. The number of rotatable bonds is 7. The van der Waals surface area contributed by atoms with E-state index in [1.807, 2.05) is 18.8 Å². The normalized spacial score (nSPS) is 19.9. The lowest BCUT2D eigenvalue weighted by Crippen LogP contribution is -2.50. The van der Waals surface area contributed by atoms with E-state index in [9.17, 15) is 0 Å². The van der Waals surface area contributed by atoms with E-state index < -0.39 is 0 Å². The summed E-state index contributed by atoms with van der Waals surface area (Å²) < 4.78 is 0.337. The number of halogens is 1. The zero-order valence-corrected chi connectivity index (χ0v) is 19.7. The van der Waals surface area contributed by atoms with E-state index in [4.69, 9.17) is 0 Å². The van der Waals surface area contributed by atoms with Crippen LogP contribution in [0.3, 0.4) is 0 Å². The number of thioether (sulfide) groups is 1. The second-order valence-electron chi connectivity index (χ2n) is 7.68. The summed E-state index contributed by atoms with van der Waals surface area (Å²) in [5, 5.41) is 7.20. The molecule has 1 aliphatic carbocycles. The van der Waals surface area contributed by atoms with Crippen LogP contribution < -0.4 is 10.6 Å². The lowest BCUT2D eigenvalue weighted by molar-refractivity contribution is 0.221. The van der Waals surface area contributed by atoms with Gasteiger partial charge in [-0.2, -0.15) is 0 Å². The van der Waals surface area contributed by atoms with Gasteiger partial charge < -0.3 is 10.6 Å². The molecule has 0 unspecified atom stereocenters. The van der Waals surface area contributed by atoms with E-state index in [0.29, 0.717) is 10.8 Å². The molecule has 0 atom stereocenters. The number of guanidine groups is 1. The number of nitrogens with one attached hydrogen (secondary N) is 2. The number of piperidine rings is 1. The van der Waals surface area contributed by atoms with Crippen LogP contribution in [0.2, 0.25) is 0 Å². The van der Waals surface area contributed by atoms with Gasteiger partial charge in [-0.3, -0.25) is 9.89 Å². The smallest absolute Gasteiger partial charge is 0.191 e. The minimum absolute atomic E-state index is 0. The predicted molar refractivity (Wildman–Crippen MR) is 128 cm³/mol. The Labute approximate surface area is 185 Å². The average Bonchev–Trinajstić information content (AvgIpc) is 3.40. The molecule has 0 aromatic heterocycles. The summed E-state index contributed by atoms with van der Waals surface area (Å²) in [5.74, 6) is 0.947. The molecule has 4 nitrogen and oxygen atoms in total. The topological polar surface area (TPSA) is 39.7 Å². The lowest BCUT2D eigenvalue weighted by Gasteiger charge is -2.33. The molecule has 3 rings (SSSR count). The molecule has 0 bridgehead atoms. The van der Waals surface area contributed by atoms with E-state index >= 15 is 0 Å². The third-order valence-electron chi connectivity index (χ3n) is 5.11. The summed E-state index contributed by atoms with van der Waals surface area (Å²) in [4.78, 5) is 8.30. The number of hydrogen-bond donors (Lipinski definition) is 2. The first kappa shape index (κ1) is 22.6. The summed E-state index contributed by atoms with van der Waals surface area (Å²) in [5.41, 5.74) is 1.25. The maximum absolute atomic E-state index is 4.44. The van der Waals surface area contributed by atoms with Crippen LogP contribution in [0.25, 0.3) is 0 Å². The summed E-state index contributed by atoms with van der Waals surface area (Å²) in [6.45, 7) is 10.4. The Morgan fingerprint density at radius 3 is 2.48 bits per heavy atom. The van der Waals surface area contributed by atoms with Gasteiger partial charge in [0.1, 0.15) is 0 Å². The van der Waals surface area contributed by atoms with Crippen molar-refractivity contribution in [2.24, 2.45) is 4.99 Å². The van der Waals surface area contributed by atoms with E-state index in [1.54, 1.807) is 0 Å². The monoisotopic (exact) mass is 500 g/mol. The van der Waals surface area contributed by atoms with Crippen molar-refractivity contribution in [2.45, 2.75) is 48.3 Å². The van der Waals surface area contributed by atoms with Crippen molar-refractivity contribution in [2.75, 3.05) is 33.2 Å². The molecule has 0 spiro atoms. The predicted octanol–water partition coefficient (Wildman–Crippen LogP) is 4.13. The molecule has 2 fully saturated rings. The van der Waals surface area contributed by atoms with Gasteiger partial charge in [0.15, 0.2) is 5.96 Å². The first-order valence-electron chi connectivity index (χ1n) is 9.66. The van der Waals surface area contributed by atoms with E-state index in [-0.39, 0.29) is 24.0 Å². The molecule has 2 aliphatic rings. The number of benzene rings is 1. The maximum atomic E-state index is 4.44. The van der Waals surface area contributed by atoms with Crippen molar-refractivity contribution in [1.29, 1.82) is 0 Å². The summed E-state index contributed by atoms with van der Waals surface area (Å²) >= 11 is 2.00. The van der Waals surface area contributed by atoms with Crippen LogP contribution in [0, 0.1) is 0 Å². The molecule has 0 amide bonds. The first-order valence-corrected chi connectivity index (χ1v) is 10.5. The van der Waals surface area contributed by atoms with Crippen molar-refractivity contribution in [1.82, 2.24) is 15.5 Å². The zero-order valence-electron chi connectivity index (χ0n) is 16.5. The summed E-state index contributed by atoms with van der Waals surface area (Å²) in [7, 11) is 1.87. The molecule has 1 aromatic rings. The van der Waals surface area contributed by atoms with Crippen molar-refractivity contribution >= 4 is 41.7 Å². The molecule has 1 aromatic carbocycles. The lowest BCUT2D eigenvalue weighted by atomic mass is 10.0. The standard InChI is InChI=1S/C21H32N4S.HI/c1-17(2)15-25-13-9-18(10-14-25)24-20(22-3)23-16-21(11-12-21)26-19-7-5-4-6-8-19;/h4-8,18H,1,9-16H2,2-3H3,(H2,22,23,24);1H. The molecule has 1 saturated heterocycles. The third-order valence-corrected chi connectivity index (χ3v) is 6.60. The highest BCUT2D eigenvalue weighted by Crippen LogP contribution is 2.51. The quantitative estimate of drug-likeness (QED) is 0.256. The molecule has 27 heavy (non-hydrogen) atoms. The first-order chi connectivity index (χ1) is 12.6. The molecule has 1 heterocycles. The van der Waals surface area contributed by atoms with Crippen LogP contribution in [0.1, 0.15) is 32.6 Å². The number of hydrogen-bond acceptors (Lipinski definition) is 3. The minimum Gasteiger partial charge on any atom is -0.355 e. The number of nitrogens with zero attached hydrogens (tertiary/aromatic N) is 2. The molecule has 2 N–H and O–H groups in total. The van der Waals surface area contributed by atoms with Gasteiger partial charge in [0, 0.05) is 48.9 Å². The van der Waals surface area contributed by atoms with Gasteiger partial charge >= 0.3 is 0 Å². The Bertz CT molecular complexity index is 622. The highest BCUT2D eigenvalue weighted by Gasteiger charge is 2.43. The Balaban J connectivity index is 0.00000261. The zero-order chi connectivity index (χ0) is 18.4. The highest BCUT2D eigenvalue weighted by atomic mass is 127. The van der Waals surface area contributed by atoms with Gasteiger partial charge in [-0.1, -0.05) is 30.4 Å². The van der Waals surface area contributed by atoms with Gasteiger partial charge in [0.2, 0.25) is 0 Å². The Hall–Kier alpha value is -0.730. The van der Waals surface area contributed by atoms with Crippen LogP contribution in [0.4, 0.5) is 0 Å². The van der Waals surface area contributed by atoms with Crippen molar-refractivity contribution in [3.8, 4) is 0 Å². The summed E-state index contributed by atoms with van der Waals surface area (Å²) in [6.07, 6.45) is 4.88. The van der Waals surface area contributed by atoms with Gasteiger partial charge in [0.25, 0.3) is 0 Å². The second kappa shape index (κ2) is 10.7. The summed E-state index contributed by atoms with van der Waals surface area (Å²) in [6, 6.07) is 11.2. The van der Waals surface area contributed by atoms with Gasteiger partial charge in [-0.05, 0) is 44.7 Å². The van der Waals surface area contributed by atoms with Gasteiger partial charge in [0.05, 0.1) is 0 Å². The number of aliphatic imine (C=N–C) groups is 1. The Morgan fingerprint density at radius 1 is 1.26 bits per heavy atom. The second-order valence-corrected chi connectivity index (χ2v) is 9.22. The van der Waals surface area contributed by atoms with Crippen LogP contribution in [0.5, 0.6) is 0 Å². The minimum atomic E-state index is 0. The van der Waals surface area contributed by atoms with Gasteiger partial charge in [-0.25, -0.2) is 0 Å². The van der Waals surface area contributed by atoms with Crippen LogP contribution in [-0.2, 0) is 0 Å². The van der Waals surface area contributed by atoms with Crippen LogP contribution >= 0.6 is 35.7 Å². The molecule has 0 radical (unpaired) electrons. The van der Waals surface area contributed by atoms with Crippen LogP contribution in [0.15, 0.2) is 52.4 Å². The molecular formula is C21H33IN4S. The van der Waals surface area contributed by atoms with Crippen LogP contribution in [-0.4, -0.2) is 54.9 Å². The van der Waals surface area contributed by atoms with Crippen molar-refractivity contribution < 1.29 is 0 Å². The average molecular weight is 500 g/mol. The van der Waals surface area contributed by atoms with E-state index in [2.05, 4.69) is 64.4 Å². The molecule has 1 aliphatic heterocycles. The molecule has 150 valence electrons.